The Hall–Kier alpha value is -1.84. The van der Waals surface area contributed by atoms with Crippen LogP contribution >= 0.6 is 11.6 Å². The molecule has 2 aromatic carbocycles. The summed E-state index contributed by atoms with van der Waals surface area (Å²) in [5.74, 6) is 2.28. The molecule has 3 rings (SSSR count). The second-order valence-corrected chi connectivity index (χ2v) is 10.2. The maximum atomic E-state index is 11.9. The summed E-state index contributed by atoms with van der Waals surface area (Å²) in [6.45, 7) is 17.7. The molecule has 1 atom stereocenters. The fraction of sp³-hybridized carbons (Fsp3) is 0.552. The van der Waals surface area contributed by atoms with Crippen LogP contribution in [0.25, 0.3) is 0 Å². The van der Waals surface area contributed by atoms with Crippen molar-refractivity contribution in [1.29, 1.82) is 0 Å². The van der Waals surface area contributed by atoms with Crippen LogP contribution in [0.15, 0.2) is 42.5 Å². The number of hydrogen-bond acceptors (Lipinski definition) is 3. The first kappa shape index (κ1) is 27.4. The van der Waals surface area contributed by atoms with Crippen LogP contribution in [0.1, 0.15) is 77.0 Å². The summed E-state index contributed by atoms with van der Waals surface area (Å²) in [6, 6.07) is 14.4. The summed E-state index contributed by atoms with van der Waals surface area (Å²) < 4.78 is 6.28. The third kappa shape index (κ3) is 7.58. The zero-order valence-corrected chi connectivity index (χ0v) is 22.3. The van der Waals surface area contributed by atoms with Gasteiger partial charge in [-0.1, -0.05) is 70.5 Å². The quantitative estimate of drug-likeness (QED) is 0.395. The first-order valence-corrected chi connectivity index (χ1v) is 12.8. The molecule has 4 heteroatoms. The summed E-state index contributed by atoms with van der Waals surface area (Å²) in [5, 5.41) is 0.741. The smallest absolute Gasteiger partial charge is 0.136 e. The van der Waals surface area contributed by atoms with E-state index in [4.69, 9.17) is 16.3 Å². The van der Waals surface area contributed by atoms with Gasteiger partial charge < -0.3 is 9.64 Å². The third-order valence-electron chi connectivity index (χ3n) is 7.02. The molecule has 1 unspecified atom stereocenters. The summed E-state index contributed by atoms with van der Waals surface area (Å²) in [4.78, 5) is 14.3. The number of ether oxygens (including phenoxy) is 1. The highest BCUT2D eigenvalue weighted by molar-refractivity contribution is 6.30. The van der Waals surface area contributed by atoms with Gasteiger partial charge in [0.25, 0.3) is 0 Å². The van der Waals surface area contributed by atoms with Gasteiger partial charge in [0.15, 0.2) is 0 Å². The van der Waals surface area contributed by atoms with Crippen molar-refractivity contribution in [3.05, 3.63) is 64.2 Å². The van der Waals surface area contributed by atoms with Crippen LogP contribution in [0.2, 0.25) is 5.02 Å². The lowest BCUT2D eigenvalue weighted by atomic mass is 9.80. The van der Waals surface area contributed by atoms with Crippen LogP contribution in [0, 0.1) is 18.3 Å². The minimum Gasteiger partial charge on any atom is -0.489 e. The molecule has 0 radical (unpaired) electrons. The predicted octanol–water partition coefficient (Wildman–Crippen LogP) is 7.68. The highest BCUT2D eigenvalue weighted by atomic mass is 35.5. The number of ketones is 1. The van der Waals surface area contributed by atoms with E-state index < -0.39 is 0 Å². The van der Waals surface area contributed by atoms with Gasteiger partial charge in [0.2, 0.25) is 0 Å². The van der Waals surface area contributed by atoms with E-state index in [1.165, 1.54) is 11.1 Å². The molecule has 0 N–H and O–H groups in total. The highest BCUT2D eigenvalue weighted by Gasteiger charge is 2.31. The Labute approximate surface area is 206 Å². The monoisotopic (exact) mass is 471 g/mol. The number of Topliss-reactive ketones (excluding diaryl/α,β-unsaturated/α-hetero) is 1. The number of carbonyl (C=O) groups excluding carboxylic acids is 1. The van der Waals surface area contributed by atoms with Crippen molar-refractivity contribution in [3.63, 3.8) is 0 Å². The molecule has 1 aliphatic heterocycles. The van der Waals surface area contributed by atoms with Gasteiger partial charge in [0.05, 0.1) is 0 Å². The Morgan fingerprint density at radius 2 is 1.79 bits per heavy atom. The van der Waals surface area contributed by atoms with Gasteiger partial charge in [-0.2, -0.15) is 0 Å². The number of halogens is 1. The molecular weight excluding hydrogens is 430 g/mol. The van der Waals surface area contributed by atoms with Crippen LogP contribution in [0.3, 0.4) is 0 Å². The van der Waals surface area contributed by atoms with Crippen molar-refractivity contribution >= 4 is 17.4 Å². The minimum atomic E-state index is -0.267. The van der Waals surface area contributed by atoms with E-state index in [-0.39, 0.29) is 11.2 Å². The zero-order valence-electron chi connectivity index (χ0n) is 21.6. The van der Waals surface area contributed by atoms with Crippen LogP contribution in [-0.4, -0.2) is 30.3 Å². The second-order valence-electron chi connectivity index (χ2n) is 9.74. The number of piperidine rings is 1. The van der Waals surface area contributed by atoms with Crippen molar-refractivity contribution < 1.29 is 9.53 Å². The van der Waals surface area contributed by atoms with Gasteiger partial charge in [0, 0.05) is 17.0 Å². The SMILES string of the molecule is CC.CC(=O)C(C)(C)CN1CCC(C(C)c2ccccc2OCc2cc(Cl)ccc2C)CC1. The average molecular weight is 472 g/mol. The molecule has 1 aliphatic rings. The first-order chi connectivity index (χ1) is 15.7. The molecule has 1 heterocycles. The Bertz CT molecular complexity index is 900. The minimum absolute atomic E-state index is 0.267. The van der Waals surface area contributed by atoms with Crippen LogP contribution in [-0.2, 0) is 11.4 Å². The lowest BCUT2D eigenvalue weighted by Crippen LogP contribution is -2.43. The molecule has 182 valence electrons. The molecule has 1 saturated heterocycles. The molecule has 0 spiro atoms. The number of nitrogens with zero attached hydrogens (tertiary/aromatic N) is 1. The number of aryl methyl sites for hydroxylation is 1. The molecule has 2 aromatic rings. The number of benzene rings is 2. The van der Waals surface area contributed by atoms with Crippen molar-refractivity contribution in [2.45, 2.75) is 73.8 Å². The Balaban J connectivity index is 0.00000187. The average Bonchev–Trinajstić information content (AvgIpc) is 2.81. The second kappa shape index (κ2) is 12.6. The molecule has 33 heavy (non-hydrogen) atoms. The van der Waals surface area contributed by atoms with E-state index in [9.17, 15) is 4.79 Å². The van der Waals surface area contributed by atoms with Crippen molar-refractivity contribution in [1.82, 2.24) is 4.90 Å². The lowest BCUT2D eigenvalue weighted by Gasteiger charge is -2.38. The number of para-hydroxylation sites is 1. The normalized spacial score (nSPS) is 16.0. The van der Waals surface area contributed by atoms with Gasteiger partial charge in [-0.15, -0.1) is 0 Å². The maximum absolute atomic E-state index is 11.9. The first-order valence-electron chi connectivity index (χ1n) is 12.4. The van der Waals surface area contributed by atoms with Crippen molar-refractivity contribution in [3.8, 4) is 5.75 Å². The van der Waals surface area contributed by atoms with E-state index in [1.54, 1.807) is 6.92 Å². The number of carbonyl (C=O) groups is 1. The summed E-state index contributed by atoms with van der Waals surface area (Å²) in [5.41, 5.74) is 3.33. The van der Waals surface area contributed by atoms with Crippen molar-refractivity contribution in [2.24, 2.45) is 11.3 Å². The van der Waals surface area contributed by atoms with E-state index in [0.29, 0.717) is 18.4 Å². The van der Waals surface area contributed by atoms with Crippen LogP contribution < -0.4 is 4.74 Å². The Morgan fingerprint density at radius 3 is 2.42 bits per heavy atom. The fourth-order valence-corrected chi connectivity index (χ4v) is 4.67. The zero-order chi connectivity index (χ0) is 24.6. The third-order valence-corrected chi connectivity index (χ3v) is 7.25. The molecule has 0 bridgehead atoms. The molecule has 0 saturated carbocycles. The largest absolute Gasteiger partial charge is 0.489 e. The van der Waals surface area contributed by atoms with E-state index in [2.05, 4.69) is 50.8 Å². The van der Waals surface area contributed by atoms with Crippen LogP contribution in [0.4, 0.5) is 0 Å². The molecule has 1 fully saturated rings. The molecule has 0 aliphatic carbocycles. The molecular formula is C29H42ClNO2. The maximum Gasteiger partial charge on any atom is 0.136 e. The number of hydrogen-bond donors (Lipinski definition) is 0. The predicted molar refractivity (Wildman–Crippen MR) is 140 cm³/mol. The van der Waals surface area contributed by atoms with Crippen molar-refractivity contribution in [2.75, 3.05) is 19.6 Å². The Morgan fingerprint density at radius 1 is 1.15 bits per heavy atom. The van der Waals surface area contributed by atoms with Gasteiger partial charge in [-0.05, 0) is 86.5 Å². The summed E-state index contributed by atoms with van der Waals surface area (Å²) >= 11 is 6.17. The number of rotatable bonds is 8. The standard InChI is InChI=1S/C27H36ClNO2.C2H6/c1-19-10-11-24(28)16-23(19)17-31-26-9-7-6-8-25(26)20(2)22-12-14-29(15-13-22)18-27(4,5)21(3)30;1-2/h6-11,16,20,22H,12-15,17-18H2,1-5H3;1-2H3. The van der Waals surface area contributed by atoms with Crippen LogP contribution in [0.5, 0.6) is 5.75 Å². The van der Waals surface area contributed by atoms with Gasteiger partial charge in [-0.25, -0.2) is 0 Å². The van der Waals surface area contributed by atoms with E-state index >= 15 is 0 Å². The van der Waals surface area contributed by atoms with Gasteiger partial charge in [0.1, 0.15) is 18.1 Å². The molecule has 3 nitrogen and oxygen atoms in total. The summed E-state index contributed by atoms with van der Waals surface area (Å²) in [7, 11) is 0. The van der Waals surface area contributed by atoms with Gasteiger partial charge in [-0.3, -0.25) is 4.79 Å². The lowest BCUT2D eigenvalue weighted by molar-refractivity contribution is -0.126. The topological polar surface area (TPSA) is 29.5 Å². The van der Waals surface area contributed by atoms with E-state index in [1.807, 2.05) is 38.1 Å². The number of likely N-dealkylation sites (tertiary alicyclic amines) is 1. The molecule has 0 aromatic heterocycles. The van der Waals surface area contributed by atoms with Gasteiger partial charge >= 0.3 is 0 Å². The van der Waals surface area contributed by atoms with E-state index in [0.717, 1.165) is 48.8 Å². The fourth-order valence-electron chi connectivity index (χ4n) is 4.47. The highest BCUT2D eigenvalue weighted by Crippen LogP contribution is 2.37. The Kier molecular flexibility index (Phi) is 10.4. The summed E-state index contributed by atoms with van der Waals surface area (Å²) in [6.07, 6.45) is 2.30. The molecule has 0 amide bonds.